The molecular formula is C11H15N5O2. The van der Waals surface area contributed by atoms with Gasteiger partial charge in [-0.3, -0.25) is 9.59 Å². The summed E-state index contributed by atoms with van der Waals surface area (Å²) >= 11 is 0. The third-order valence-corrected chi connectivity index (χ3v) is 2.56. The van der Waals surface area contributed by atoms with Crippen LogP contribution in [0.4, 0.5) is 0 Å². The fourth-order valence-corrected chi connectivity index (χ4v) is 1.63. The molecule has 2 N–H and O–H groups in total. The van der Waals surface area contributed by atoms with Gasteiger partial charge in [0.1, 0.15) is 0 Å². The maximum atomic E-state index is 11.5. The number of aromatic amines is 1. The zero-order valence-corrected chi connectivity index (χ0v) is 10.1. The predicted molar refractivity (Wildman–Crippen MR) is 66.1 cm³/mol. The molecule has 7 heteroatoms. The molecule has 18 heavy (non-hydrogen) atoms. The van der Waals surface area contributed by atoms with Crippen LogP contribution in [0, 0.1) is 0 Å². The van der Waals surface area contributed by atoms with Crippen LogP contribution in [0.15, 0.2) is 17.4 Å². The Balaban J connectivity index is 2.06. The van der Waals surface area contributed by atoms with Gasteiger partial charge >= 0.3 is 0 Å². The lowest BCUT2D eigenvalue weighted by Gasteiger charge is -2.04. The highest BCUT2D eigenvalue weighted by Crippen LogP contribution is 2.04. The van der Waals surface area contributed by atoms with Crippen molar-refractivity contribution >= 4 is 17.1 Å². The second kappa shape index (κ2) is 5.44. The van der Waals surface area contributed by atoms with E-state index in [1.807, 2.05) is 6.92 Å². The Morgan fingerprint density at radius 3 is 3.11 bits per heavy atom. The molecule has 2 rings (SSSR count). The van der Waals surface area contributed by atoms with E-state index in [9.17, 15) is 9.59 Å². The van der Waals surface area contributed by atoms with E-state index < -0.39 is 0 Å². The van der Waals surface area contributed by atoms with Crippen LogP contribution in [-0.2, 0) is 11.3 Å². The van der Waals surface area contributed by atoms with E-state index in [2.05, 4.69) is 20.3 Å². The third kappa shape index (κ3) is 2.55. The largest absolute Gasteiger partial charge is 0.356 e. The summed E-state index contributed by atoms with van der Waals surface area (Å²) in [4.78, 5) is 33.4. The SMILES string of the molecule is CCCNC(=O)CCn1cnc2c(=O)[nH]cnc21. The molecule has 0 atom stereocenters. The number of carbonyl (C=O) groups excluding carboxylic acids is 1. The van der Waals surface area contributed by atoms with Crippen LogP contribution in [-0.4, -0.2) is 32.0 Å². The quantitative estimate of drug-likeness (QED) is 0.782. The number of nitrogens with one attached hydrogen (secondary N) is 2. The molecular weight excluding hydrogens is 234 g/mol. The molecule has 96 valence electrons. The lowest BCUT2D eigenvalue weighted by Crippen LogP contribution is -2.25. The summed E-state index contributed by atoms with van der Waals surface area (Å²) in [6.45, 7) is 3.14. The van der Waals surface area contributed by atoms with E-state index in [0.717, 1.165) is 6.42 Å². The molecule has 2 aromatic rings. The van der Waals surface area contributed by atoms with Gasteiger partial charge in [-0.15, -0.1) is 0 Å². The monoisotopic (exact) mass is 249 g/mol. The Hall–Kier alpha value is -2.18. The zero-order chi connectivity index (χ0) is 13.0. The van der Waals surface area contributed by atoms with Crippen molar-refractivity contribution in [1.82, 2.24) is 24.8 Å². The molecule has 0 bridgehead atoms. The first kappa shape index (κ1) is 12.3. The number of rotatable bonds is 5. The summed E-state index contributed by atoms with van der Waals surface area (Å²) in [5.74, 6) is -0.0106. The van der Waals surface area contributed by atoms with Crippen molar-refractivity contribution in [3.8, 4) is 0 Å². The Morgan fingerprint density at radius 2 is 2.33 bits per heavy atom. The molecule has 0 aromatic carbocycles. The number of hydrogen-bond donors (Lipinski definition) is 2. The van der Waals surface area contributed by atoms with E-state index in [-0.39, 0.29) is 11.5 Å². The minimum atomic E-state index is -0.269. The van der Waals surface area contributed by atoms with Crippen molar-refractivity contribution < 1.29 is 4.79 Å². The minimum absolute atomic E-state index is 0.0106. The average molecular weight is 249 g/mol. The van der Waals surface area contributed by atoms with Crippen molar-refractivity contribution in [2.75, 3.05) is 6.54 Å². The minimum Gasteiger partial charge on any atom is -0.356 e. The summed E-state index contributed by atoms with van der Waals surface area (Å²) < 4.78 is 1.70. The number of imidazole rings is 1. The number of aromatic nitrogens is 4. The van der Waals surface area contributed by atoms with Gasteiger partial charge in [0, 0.05) is 19.5 Å². The second-order valence-corrected chi connectivity index (χ2v) is 3.94. The maximum absolute atomic E-state index is 11.5. The first-order valence-corrected chi connectivity index (χ1v) is 5.87. The van der Waals surface area contributed by atoms with Crippen LogP contribution in [0.2, 0.25) is 0 Å². The van der Waals surface area contributed by atoms with E-state index in [1.54, 1.807) is 4.57 Å². The molecule has 0 aliphatic carbocycles. The van der Waals surface area contributed by atoms with Gasteiger partial charge in [-0.05, 0) is 6.42 Å². The number of carbonyl (C=O) groups is 1. The van der Waals surface area contributed by atoms with Gasteiger partial charge in [-0.1, -0.05) is 6.92 Å². The molecule has 0 spiro atoms. The fourth-order valence-electron chi connectivity index (χ4n) is 1.63. The molecule has 0 fully saturated rings. The molecule has 0 saturated heterocycles. The summed E-state index contributed by atoms with van der Waals surface area (Å²) in [7, 11) is 0. The molecule has 2 aromatic heterocycles. The number of amides is 1. The molecule has 0 saturated carbocycles. The van der Waals surface area contributed by atoms with E-state index >= 15 is 0 Å². The summed E-state index contributed by atoms with van der Waals surface area (Å²) in [5.41, 5.74) is 0.530. The van der Waals surface area contributed by atoms with Crippen LogP contribution in [0.25, 0.3) is 11.2 Å². The number of H-pyrrole nitrogens is 1. The Kier molecular flexibility index (Phi) is 3.71. The molecule has 2 heterocycles. The van der Waals surface area contributed by atoms with Crippen molar-refractivity contribution in [3.63, 3.8) is 0 Å². The molecule has 0 unspecified atom stereocenters. The standard InChI is InChI=1S/C11H15N5O2/c1-2-4-12-8(17)3-5-16-7-15-9-10(16)13-6-14-11(9)18/h6-7H,2-5H2,1H3,(H,12,17)(H,13,14,18). The normalized spacial score (nSPS) is 10.7. The summed E-state index contributed by atoms with van der Waals surface area (Å²) in [6.07, 6.45) is 4.12. The fraction of sp³-hybridized carbons (Fsp3) is 0.455. The number of aryl methyl sites for hydroxylation is 1. The van der Waals surface area contributed by atoms with Crippen molar-refractivity contribution in [2.24, 2.45) is 0 Å². The zero-order valence-electron chi connectivity index (χ0n) is 10.1. The molecule has 7 nitrogen and oxygen atoms in total. The lowest BCUT2D eigenvalue weighted by atomic mass is 10.3. The van der Waals surface area contributed by atoms with Crippen LogP contribution in [0.5, 0.6) is 0 Å². The van der Waals surface area contributed by atoms with E-state index in [4.69, 9.17) is 0 Å². The maximum Gasteiger partial charge on any atom is 0.278 e. The van der Waals surface area contributed by atoms with Crippen LogP contribution in [0.3, 0.4) is 0 Å². The first-order valence-electron chi connectivity index (χ1n) is 5.87. The summed E-state index contributed by atoms with van der Waals surface area (Å²) in [6, 6.07) is 0. The number of nitrogens with zero attached hydrogens (tertiary/aromatic N) is 3. The van der Waals surface area contributed by atoms with E-state index in [1.165, 1.54) is 12.7 Å². The van der Waals surface area contributed by atoms with Gasteiger partial charge < -0.3 is 14.9 Å². The summed E-state index contributed by atoms with van der Waals surface area (Å²) in [5, 5.41) is 2.79. The number of hydrogen-bond acceptors (Lipinski definition) is 4. The van der Waals surface area contributed by atoms with Crippen molar-refractivity contribution in [3.05, 3.63) is 23.0 Å². The Morgan fingerprint density at radius 1 is 1.50 bits per heavy atom. The molecule has 0 radical (unpaired) electrons. The lowest BCUT2D eigenvalue weighted by molar-refractivity contribution is -0.121. The topological polar surface area (TPSA) is 92.7 Å². The van der Waals surface area contributed by atoms with Gasteiger partial charge in [0.25, 0.3) is 5.56 Å². The van der Waals surface area contributed by atoms with Crippen LogP contribution in [0.1, 0.15) is 19.8 Å². The first-order chi connectivity index (χ1) is 8.72. The van der Waals surface area contributed by atoms with E-state index in [0.29, 0.717) is 30.7 Å². The van der Waals surface area contributed by atoms with Crippen molar-refractivity contribution in [2.45, 2.75) is 26.3 Å². The van der Waals surface area contributed by atoms with Gasteiger partial charge in [-0.25, -0.2) is 9.97 Å². The second-order valence-electron chi connectivity index (χ2n) is 3.94. The van der Waals surface area contributed by atoms with Crippen LogP contribution >= 0.6 is 0 Å². The van der Waals surface area contributed by atoms with Gasteiger partial charge in [0.15, 0.2) is 11.2 Å². The average Bonchev–Trinajstić information content (AvgIpc) is 2.78. The predicted octanol–water partition coefficient (Wildman–Crippen LogP) is 0.0359. The third-order valence-electron chi connectivity index (χ3n) is 2.56. The highest BCUT2D eigenvalue weighted by Gasteiger charge is 2.08. The van der Waals surface area contributed by atoms with Crippen molar-refractivity contribution in [1.29, 1.82) is 0 Å². The molecule has 0 aliphatic heterocycles. The Bertz CT molecular complexity index is 601. The smallest absolute Gasteiger partial charge is 0.278 e. The molecule has 0 aliphatic rings. The van der Waals surface area contributed by atoms with Gasteiger partial charge in [0.2, 0.25) is 5.91 Å². The van der Waals surface area contributed by atoms with Gasteiger partial charge in [-0.2, -0.15) is 0 Å². The number of fused-ring (bicyclic) bond motifs is 1. The highest BCUT2D eigenvalue weighted by molar-refractivity contribution is 5.76. The Labute approximate surface area is 103 Å². The highest BCUT2D eigenvalue weighted by atomic mass is 16.1. The molecule has 1 amide bonds. The van der Waals surface area contributed by atoms with Gasteiger partial charge in [0.05, 0.1) is 12.7 Å². The van der Waals surface area contributed by atoms with Crippen LogP contribution < -0.4 is 10.9 Å².